The van der Waals surface area contributed by atoms with E-state index in [0.29, 0.717) is 13.2 Å². The van der Waals surface area contributed by atoms with E-state index in [1.165, 1.54) is 14.0 Å². The molecule has 2 N–H and O–H groups in total. The van der Waals surface area contributed by atoms with E-state index in [-0.39, 0.29) is 19.1 Å². The lowest BCUT2D eigenvalue weighted by atomic mass is 10.2. The molecule has 1 amide bonds. The molecule has 1 unspecified atom stereocenters. The second-order valence-electron chi connectivity index (χ2n) is 3.09. The molecular formula is C9H17NO5. The molecular weight excluding hydrogens is 202 g/mol. The number of carboxylic acids is 1. The highest BCUT2D eigenvalue weighted by molar-refractivity contribution is 5.78. The van der Waals surface area contributed by atoms with Crippen LogP contribution in [0.3, 0.4) is 0 Å². The van der Waals surface area contributed by atoms with E-state index in [1.54, 1.807) is 0 Å². The third-order valence-electron chi connectivity index (χ3n) is 1.69. The fraction of sp³-hybridized carbons (Fsp3) is 0.778. The minimum absolute atomic E-state index is 0.0737. The molecule has 0 saturated heterocycles. The Morgan fingerprint density at radius 1 is 1.40 bits per heavy atom. The van der Waals surface area contributed by atoms with Crippen LogP contribution in [-0.4, -0.2) is 50.5 Å². The Labute approximate surface area is 88.6 Å². The highest BCUT2D eigenvalue weighted by Crippen LogP contribution is 1.91. The van der Waals surface area contributed by atoms with E-state index >= 15 is 0 Å². The number of methoxy groups -OCH3 is 1. The lowest BCUT2D eigenvalue weighted by Gasteiger charge is -2.08. The van der Waals surface area contributed by atoms with Gasteiger partial charge in [0.2, 0.25) is 5.91 Å². The number of carboxylic acid groups (broad SMARTS) is 1. The Balaban J connectivity index is 3.45. The van der Waals surface area contributed by atoms with Gasteiger partial charge in [0.1, 0.15) is 6.61 Å². The van der Waals surface area contributed by atoms with Crippen LogP contribution < -0.4 is 5.32 Å². The molecule has 6 heteroatoms. The summed E-state index contributed by atoms with van der Waals surface area (Å²) in [6, 6.07) is 0. The number of ether oxygens (including phenoxy) is 2. The van der Waals surface area contributed by atoms with Gasteiger partial charge in [0, 0.05) is 13.7 Å². The summed E-state index contributed by atoms with van der Waals surface area (Å²) in [5.74, 6) is -1.84. The molecule has 0 rings (SSSR count). The summed E-state index contributed by atoms with van der Waals surface area (Å²) in [6.45, 7) is 2.34. The van der Waals surface area contributed by atoms with Crippen LogP contribution >= 0.6 is 0 Å². The standard InChI is InChI=1S/C9H17NO5/c1-7(9(12)13)5-10-8(11)6-15-4-3-14-2/h7H,3-6H2,1-2H3,(H,10,11)(H,12,13). The van der Waals surface area contributed by atoms with Crippen molar-refractivity contribution in [2.24, 2.45) is 5.92 Å². The van der Waals surface area contributed by atoms with Gasteiger partial charge in [0.25, 0.3) is 0 Å². The van der Waals surface area contributed by atoms with Gasteiger partial charge < -0.3 is 19.9 Å². The number of rotatable bonds is 8. The molecule has 0 fully saturated rings. The Bertz CT molecular complexity index is 207. The molecule has 0 radical (unpaired) electrons. The molecule has 0 aliphatic carbocycles. The maximum atomic E-state index is 11.1. The molecule has 6 nitrogen and oxygen atoms in total. The summed E-state index contributed by atoms with van der Waals surface area (Å²) in [5.41, 5.74) is 0. The van der Waals surface area contributed by atoms with Gasteiger partial charge in [-0.15, -0.1) is 0 Å². The molecule has 1 atom stereocenters. The normalized spacial score (nSPS) is 12.1. The van der Waals surface area contributed by atoms with Gasteiger partial charge in [-0.2, -0.15) is 0 Å². The van der Waals surface area contributed by atoms with E-state index in [1.807, 2.05) is 0 Å². The molecule has 0 spiro atoms. The highest BCUT2D eigenvalue weighted by Gasteiger charge is 2.11. The highest BCUT2D eigenvalue weighted by atomic mass is 16.5. The second kappa shape index (κ2) is 8.19. The molecule has 15 heavy (non-hydrogen) atoms. The molecule has 0 aromatic rings. The van der Waals surface area contributed by atoms with Crippen LogP contribution in [0.4, 0.5) is 0 Å². The minimum Gasteiger partial charge on any atom is -0.481 e. The molecule has 0 aliphatic heterocycles. The van der Waals surface area contributed by atoms with Crippen LogP contribution in [0.2, 0.25) is 0 Å². The van der Waals surface area contributed by atoms with Crippen molar-refractivity contribution in [2.75, 3.05) is 33.5 Å². The summed E-state index contributed by atoms with van der Waals surface area (Å²) in [5, 5.41) is 11.0. The van der Waals surface area contributed by atoms with Crippen molar-refractivity contribution in [1.82, 2.24) is 5.32 Å². The first-order valence-corrected chi connectivity index (χ1v) is 4.64. The average Bonchev–Trinajstić information content (AvgIpc) is 2.20. The topological polar surface area (TPSA) is 84.9 Å². The van der Waals surface area contributed by atoms with Gasteiger partial charge in [-0.25, -0.2) is 0 Å². The first kappa shape index (κ1) is 13.9. The SMILES string of the molecule is COCCOCC(=O)NCC(C)C(=O)O. The number of hydrogen-bond donors (Lipinski definition) is 2. The molecule has 0 aliphatic rings. The average molecular weight is 219 g/mol. The largest absolute Gasteiger partial charge is 0.481 e. The van der Waals surface area contributed by atoms with Gasteiger partial charge in [-0.3, -0.25) is 9.59 Å². The fourth-order valence-electron chi connectivity index (χ4n) is 0.712. The number of aliphatic carboxylic acids is 1. The Morgan fingerprint density at radius 2 is 2.07 bits per heavy atom. The summed E-state index contributed by atoms with van der Waals surface area (Å²) in [4.78, 5) is 21.5. The van der Waals surface area contributed by atoms with Gasteiger partial charge >= 0.3 is 5.97 Å². The third kappa shape index (κ3) is 7.90. The number of nitrogens with one attached hydrogen (secondary N) is 1. The lowest BCUT2D eigenvalue weighted by molar-refractivity contribution is -0.141. The predicted octanol–water partition coefficient (Wildman–Crippen LogP) is -0.514. The monoisotopic (exact) mass is 219 g/mol. The molecule has 0 bridgehead atoms. The van der Waals surface area contributed by atoms with Crippen LogP contribution in [0.5, 0.6) is 0 Å². The van der Waals surface area contributed by atoms with Crippen LogP contribution in [0, 0.1) is 5.92 Å². The maximum Gasteiger partial charge on any atom is 0.308 e. The Hall–Kier alpha value is -1.14. The number of carbonyl (C=O) groups excluding carboxylic acids is 1. The first-order valence-electron chi connectivity index (χ1n) is 4.64. The lowest BCUT2D eigenvalue weighted by Crippen LogP contribution is -2.34. The fourth-order valence-corrected chi connectivity index (χ4v) is 0.712. The van der Waals surface area contributed by atoms with Crippen LogP contribution in [0.25, 0.3) is 0 Å². The van der Waals surface area contributed by atoms with Crippen molar-refractivity contribution in [3.63, 3.8) is 0 Å². The van der Waals surface area contributed by atoms with Gasteiger partial charge in [-0.1, -0.05) is 6.92 Å². The van der Waals surface area contributed by atoms with Crippen LogP contribution in [0.15, 0.2) is 0 Å². The van der Waals surface area contributed by atoms with E-state index in [9.17, 15) is 9.59 Å². The van der Waals surface area contributed by atoms with Crippen molar-refractivity contribution in [2.45, 2.75) is 6.92 Å². The van der Waals surface area contributed by atoms with Gasteiger partial charge in [-0.05, 0) is 0 Å². The quantitative estimate of drug-likeness (QED) is 0.537. The number of hydrogen-bond acceptors (Lipinski definition) is 4. The molecule has 0 aromatic carbocycles. The number of amides is 1. The zero-order valence-corrected chi connectivity index (χ0v) is 8.99. The summed E-state index contributed by atoms with van der Waals surface area (Å²) in [7, 11) is 1.54. The molecule has 0 saturated carbocycles. The van der Waals surface area contributed by atoms with E-state index in [4.69, 9.17) is 14.6 Å². The smallest absolute Gasteiger partial charge is 0.308 e. The van der Waals surface area contributed by atoms with Crippen molar-refractivity contribution in [3.05, 3.63) is 0 Å². The third-order valence-corrected chi connectivity index (χ3v) is 1.69. The van der Waals surface area contributed by atoms with Crippen LogP contribution in [0.1, 0.15) is 6.92 Å². The predicted molar refractivity (Wildman–Crippen MR) is 52.5 cm³/mol. The van der Waals surface area contributed by atoms with Crippen molar-refractivity contribution >= 4 is 11.9 Å². The summed E-state index contributed by atoms with van der Waals surface area (Å²) < 4.78 is 9.66. The van der Waals surface area contributed by atoms with Crippen LogP contribution in [-0.2, 0) is 19.1 Å². The second-order valence-corrected chi connectivity index (χ2v) is 3.09. The van der Waals surface area contributed by atoms with E-state index in [2.05, 4.69) is 5.32 Å². The van der Waals surface area contributed by atoms with E-state index in [0.717, 1.165) is 0 Å². The zero-order chi connectivity index (χ0) is 11.7. The van der Waals surface area contributed by atoms with Crippen molar-refractivity contribution in [3.8, 4) is 0 Å². The first-order chi connectivity index (χ1) is 7.07. The summed E-state index contributed by atoms with van der Waals surface area (Å²) in [6.07, 6.45) is 0. The number of carbonyl (C=O) groups is 2. The van der Waals surface area contributed by atoms with Crippen molar-refractivity contribution < 1.29 is 24.2 Å². The molecule has 0 aromatic heterocycles. The summed E-state index contributed by atoms with van der Waals surface area (Å²) >= 11 is 0. The molecule has 0 heterocycles. The van der Waals surface area contributed by atoms with Gasteiger partial charge in [0.05, 0.1) is 19.1 Å². The zero-order valence-electron chi connectivity index (χ0n) is 8.99. The van der Waals surface area contributed by atoms with Crippen molar-refractivity contribution in [1.29, 1.82) is 0 Å². The Morgan fingerprint density at radius 3 is 2.60 bits per heavy atom. The molecule has 88 valence electrons. The minimum atomic E-state index is -0.935. The maximum absolute atomic E-state index is 11.1. The van der Waals surface area contributed by atoms with Gasteiger partial charge in [0.15, 0.2) is 0 Å². The van der Waals surface area contributed by atoms with E-state index < -0.39 is 11.9 Å². The Kier molecular flexibility index (Phi) is 7.57.